The summed E-state index contributed by atoms with van der Waals surface area (Å²) in [6, 6.07) is 16.2. The molecule has 4 rings (SSSR count). The van der Waals surface area contributed by atoms with E-state index in [1.807, 2.05) is 24.3 Å². The SMILES string of the molecule is COc1ccc(CNc2ccc(NC(=O)c3ccc4c(c3)OCO4)nn2)cc1. The van der Waals surface area contributed by atoms with Crippen molar-refractivity contribution in [2.45, 2.75) is 6.54 Å². The van der Waals surface area contributed by atoms with Gasteiger partial charge in [-0.2, -0.15) is 0 Å². The van der Waals surface area contributed by atoms with Crippen LogP contribution < -0.4 is 24.8 Å². The van der Waals surface area contributed by atoms with Crippen LogP contribution in [-0.2, 0) is 6.54 Å². The maximum atomic E-state index is 12.4. The van der Waals surface area contributed by atoms with E-state index in [1.54, 1.807) is 37.4 Å². The lowest BCUT2D eigenvalue weighted by Crippen LogP contribution is -2.13. The number of anilines is 2. The van der Waals surface area contributed by atoms with Gasteiger partial charge in [0.2, 0.25) is 6.79 Å². The molecule has 2 N–H and O–H groups in total. The zero-order valence-electron chi connectivity index (χ0n) is 15.1. The highest BCUT2D eigenvalue weighted by Crippen LogP contribution is 2.32. The Kier molecular flexibility index (Phi) is 4.92. The number of hydrogen-bond acceptors (Lipinski definition) is 7. The quantitative estimate of drug-likeness (QED) is 0.681. The largest absolute Gasteiger partial charge is 0.497 e. The lowest BCUT2D eigenvalue weighted by molar-refractivity contribution is 0.102. The van der Waals surface area contributed by atoms with E-state index in [1.165, 1.54) is 0 Å². The van der Waals surface area contributed by atoms with E-state index in [0.29, 0.717) is 35.2 Å². The summed E-state index contributed by atoms with van der Waals surface area (Å²) < 4.78 is 15.7. The van der Waals surface area contributed by atoms with Crippen molar-refractivity contribution in [3.05, 3.63) is 65.7 Å². The summed E-state index contributed by atoms with van der Waals surface area (Å²) >= 11 is 0. The van der Waals surface area contributed by atoms with E-state index in [-0.39, 0.29) is 12.7 Å². The van der Waals surface area contributed by atoms with Crippen LogP contribution in [0.2, 0.25) is 0 Å². The molecule has 8 heteroatoms. The fourth-order valence-corrected chi connectivity index (χ4v) is 2.66. The predicted octanol–water partition coefficient (Wildman–Crippen LogP) is 3.08. The van der Waals surface area contributed by atoms with Crippen LogP contribution in [0, 0.1) is 0 Å². The minimum atomic E-state index is -0.299. The normalized spacial score (nSPS) is 11.8. The van der Waals surface area contributed by atoms with Crippen LogP contribution in [-0.4, -0.2) is 30.0 Å². The van der Waals surface area contributed by atoms with Gasteiger partial charge in [-0.15, -0.1) is 10.2 Å². The number of rotatable bonds is 6. The Morgan fingerprint density at radius 3 is 2.50 bits per heavy atom. The van der Waals surface area contributed by atoms with E-state index in [4.69, 9.17) is 14.2 Å². The van der Waals surface area contributed by atoms with E-state index in [2.05, 4.69) is 20.8 Å². The van der Waals surface area contributed by atoms with Gasteiger partial charge in [-0.05, 0) is 48.0 Å². The van der Waals surface area contributed by atoms with Crippen LogP contribution in [0.4, 0.5) is 11.6 Å². The first-order valence-corrected chi connectivity index (χ1v) is 8.63. The fourth-order valence-electron chi connectivity index (χ4n) is 2.66. The molecule has 2 aromatic carbocycles. The van der Waals surface area contributed by atoms with Gasteiger partial charge < -0.3 is 24.8 Å². The van der Waals surface area contributed by atoms with Crippen LogP contribution >= 0.6 is 0 Å². The number of amides is 1. The average Bonchev–Trinajstić information content (AvgIpc) is 3.21. The van der Waals surface area contributed by atoms with E-state index >= 15 is 0 Å². The van der Waals surface area contributed by atoms with Crippen molar-refractivity contribution >= 4 is 17.5 Å². The molecule has 0 unspecified atom stereocenters. The molecule has 0 atom stereocenters. The van der Waals surface area contributed by atoms with Gasteiger partial charge in [-0.1, -0.05) is 12.1 Å². The molecule has 28 heavy (non-hydrogen) atoms. The van der Waals surface area contributed by atoms with Crippen molar-refractivity contribution in [1.29, 1.82) is 0 Å². The lowest BCUT2D eigenvalue weighted by Gasteiger charge is -2.08. The number of carbonyl (C=O) groups excluding carboxylic acids is 1. The van der Waals surface area contributed by atoms with Gasteiger partial charge in [-0.25, -0.2) is 0 Å². The van der Waals surface area contributed by atoms with Gasteiger partial charge in [0.1, 0.15) is 11.6 Å². The molecule has 0 saturated heterocycles. The molecule has 0 aliphatic carbocycles. The summed E-state index contributed by atoms with van der Waals surface area (Å²) in [5.74, 6) is 2.66. The number of methoxy groups -OCH3 is 1. The van der Waals surface area contributed by atoms with Crippen molar-refractivity contribution in [1.82, 2.24) is 10.2 Å². The summed E-state index contributed by atoms with van der Waals surface area (Å²) in [4.78, 5) is 12.4. The van der Waals surface area contributed by atoms with Gasteiger partial charge >= 0.3 is 0 Å². The van der Waals surface area contributed by atoms with Crippen molar-refractivity contribution < 1.29 is 19.0 Å². The average molecular weight is 378 g/mol. The Morgan fingerprint density at radius 2 is 1.75 bits per heavy atom. The number of nitrogens with one attached hydrogen (secondary N) is 2. The summed E-state index contributed by atoms with van der Waals surface area (Å²) in [7, 11) is 1.63. The van der Waals surface area contributed by atoms with Crippen molar-refractivity contribution in [3.8, 4) is 17.2 Å². The number of aromatic nitrogens is 2. The topological polar surface area (TPSA) is 94.6 Å². The number of hydrogen-bond donors (Lipinski definition) is 2. The minimum Gasteiger partial charge on any atom is -0.497 e. The molecule has 0 saturated carbocycles. The molecule has 3 aromatic rings. The van der Waals surface area contributed by atoms with Gasteiger partial charge in [0.25, 0.3) is 5.91 Å². The molecular weight excluding hydrogens is 360 g/mol. The molecule has 0 radical (unpaired) electrons. The maximum Gasteiger partial charge on any atom is 0.257 e. The van der Waals surface area contributed by atoms with Crippen LogP contribution in [0.3, 0.4) is 0 Å². The Labute approximate surface area is 161 Å². The fraction of sp³-hybridized carbons (Fsp3) is 0.150. The molecular formula is C20H18N4O4. The first kappa shape index (κ1) is 17.6. The number of nitrogens with zero attached hydrogens (tertiary/aromatic N) is 2. The summed E-state index contributed by atoms with van der Waals surface area (Å²) in [6.07, 6.45) is 0. The summed E-state index contributed by atoms with van der Waals surface area (Å²) in [6.45, 7) is 0.762. The van der Waals surface area contributed by atoms with Crippen LogP contribution in [0.5, 0.6) is 17.2 Å². The first-order chi connectivity index (χ1) is 13.7. The molecule has 1 aliphatic heterocycles. The highest BCUT2D eigenvalue weighted by Gasteiger charge is 2.16. The Balaban J connectivity index is 1.34. The van der Waals surface area contributed by atoms with Crippen molar-refractivity contribution in [2.75, 3.05) is 24.5 Å². The highest BCUT2D eigenvalue weighted by atomic mass is 16.7. The standard InChI is InChI=1S/C20H18N4O4/c1-26-15-5-2-13(3-6-15)11-21-18-8-9-19(24-23-18)22-20(25)14-4-7-16-17(10-14)28-12-27-16/h2-10H,11-12H2,1H3,(H,21,23)(H,22,24,25). The van der Waals surface area contributed by atoms with Crippen LogP contribution in [0.15, 0.2) is 54.6 Å². The molecule has 1 amide bonds. The summed E-state index contributed by atoms with van der Waals surface area (Å²) in [5.41, 5.74) is 1.54. The molecule has 0 bridgehead atoms. The smallest absolute Gasteiger partial charge is 0.257 e. The van der Waals surface area contributed by atoms with Crippen LogP contribution in [0.1, 0.15) is 15.9 Å². The number of benzene rings is 2. The molecule has 142 valence electrons. The third kappa shape index (κ3) is 3.96. The second-order valence-corrected chi connectivity index (χ2v) is 6.03. The van der Waals surface area contributed by atoms with Gasteiger partial charge in [0.05, 0.1) is 7.11 Å². The monoisotopic (exact) mass is 378 g/mol. The van der Waals surface area contributed by atoms with Gasteiger partial charge in [0, 0.05) is 12.1 Å². The van der Waals surface area contributed by atoms with Crippen molar-refractivity contribution in [3.63, 3.8) is 0 Å². The Morgan fingerprint density at radius 1 is 1.00 bits per heavy atom. The molecule has 0 fully saturated rings. The number of fused-ring (bicyclic) bond motifs is 1. The van der Waals surface area contributed by atoms with E-state index in [0.717, 1.165) is 11.3 Å². The van der Waals surface area contributed by atoms with Crippen molar-refractivity contribution in [2.24, 2.45) is 0 Å². The second-order valence-electron chi connectivity index (χ2n) is 6.03. The van der Waals surface area contributed by atoms with E-state index in [9.17, 15) is 4.79 Å². The maximum absolute atomic E-state index is 12.4. The Bertz CT molecular complexity index is 975. The predicted molar refractivity (Wildman–Crippen MR) is 103 cm³/mol. The molecule has 2 heterocycles. The molecule has 1 aromatic heterocycles. The highest BCUT2D eigenvalue weighted by molar-refractivity contribution is 6.04. The zero-order chi connectivity index (χ0) is 19.3. The molecule has 8 nitrogen and oxygen atoms in total. The van der Waals surface area contributed by atoms with Crippen LogP contribution in [0.25, 0.3) is 0 Å². The van der Waals surface area contributed by atoms with Gasteiger partial charge in [-0.3, -0.25) is 4.79 Å². The third-order valence-electron chi connectivity index (χ3n) is 4.17. The Hall–Kier alpha value is -3.81. The number of carbonyl (C=O) groups is 1. The first-order valence-electron chi connectivity index (χ1n) is 8.63. The number of ether oxygens (including phenoxy) is 3. The molecule has 0 spiro atoms. The third-order valence-corrected chi connectivity index (χ3v) is 4.17. The summed E-state index contributed by atoms with van der Waals surface area (Å²) in [5, 5.41) is 14.0. The second kappa shape index (κ2) is 7.83. The van der Waals surface area contributed by atoms with Gasteiger partial charge in [0.15, 0.2) is 17.3 Å². The zero-order valence-corrected chi connectivity index (χ0v) is 15.1. The molecule has 1 aliphatic rings. The van der Waals surface area contributed by atoms with E-state index < -0.39 is 0 Å². The lowest BCUT2D eigenvalue weighted by atomic mass is 10.2. The minimum absolute atomic E-state index is 0.164.